The lowest BCUT2D eigenvalue weighted by Gasteiger charge is -2.19. The number of hydrogen-bond donors (Lipinski definition) is 1. The highest BCUT2D eigenvalue weighted by Crippen LogP contribution is 2.07. The number of para-hydroxylation sites is 1. The van der Waals surface area contributed by atoms with Crippen LogP contribution in [-0.2, 0) is 6.54 Å². The van der Waals surface area contributed by atoms with Gasteiger partial charge in [0.2, 0.25) is 0 Å². The number of likely N-dealkylation sites (N-methyl/N-ethyl adjacent to an activating group) is 1. The maximum Gasteiger partial charge on any atom is 0.271 e. The van der Waals surface area contributed by atoms with Crippen molar-refractivity contribution in [3.63, 3.8) is 0 Å². The lowest BCUT2D eigenvalue weighted by Crippen LogP contribution is -2.39. The molecule has 0 saturated heterocycles. The lowest BCUT2D eigenvalue weighted by atomic mass is 10.3. The molecule has 7 heteroatoms. The van der Waals surface area contributed by atoms with Crippen molar-refractivity contribution < 1.29 is 9.53 Å². The molecule has 7 nitrogen and oxygen atoms in total. The van der Waals surface area contributed by atoms with Crippen LogP contribution in [0.5, 0.6) is 5.75 Å². The number of amides is 1. The van der Waals surface area contributed by atoms with Crippen LogP contribution in [0, 0.1) is 0 Å². The van der Waals surface area contributed by atoms with Gasteiger partial charge in [-0.2, -0.15) is 5.10 Å². The zero-order valence-corrected chi connectivity index (χ0v) is 14.8. The van der Waals surface area contributed by atoms with E-state index in [-0.39, 0.29) is 29.7 Å². The van der Waals surface area contributed by atoms with Gasteiger partial charge in [0.05, 0.1) is 6.54 Å². The third-order valence-corrected chi connectivity index (χ3v) is 3.85. The van der Waals surface area contributed by atoms with Crippen molar-refractivity contribution in [1.82, 2.24) is 20.0 Å². The topological polar surface area (TPSA) is 76.5 Å². The number of nitrogens with zero attached hydrogens (tertiary/aromatic N) is 3. The smallest absolute Gasteiger partial charge is 0.271 e. The Balaban J connectivity index is 1.94. The fourth-order valence-corrected chi connectivity index (χ4v) is 2.01. The van der Waals surface area contributed by atoms with Crippen molar-refractivity contribution >= 4 is 5.91 Å². The predicted octanol–water partition coefficient (Wildman–Crippen LogP) is 1.00. The summed E-state index contributed by atoms with van der Waals surface area (Å²) < 4.78 is 6.81. The average molecular weight is 344 g/mol. The Morgan fingerprint density at radius 1 is 1.24 bits per heavy atom. The van der Waals surface area contributed by atoms with Crippen LogP contribution < -0.4 is 15.6 Å². The van der Waals surface area contributed by atoms with Crippen LogP contribution in [0.1, 0.15) is 17.4 Å². The second-order valence-corrected chi connectivity index (χ2v) is 5.96. The first-order chi connectivity index (χ1) is 12.0. The van der Waals surface area contributed by atoms with Crippen LogP contribution in [-0.4, -0.2) is 53.9 Å². The second-order valence-electron chi connectivity index (χ2n) is 5.96. The summed E-state index contributed by atoms with van der Waals surface area (Å²) in [6.45, 7) is 3.07. The zero-order valence-electron chi connectivity index (χ0n) is 14.8. The fourth-order valence-electron chi connectivity index (χ4n) is 2.01. The number of carbonyl (C=O) groups is 1. The summed E-state index contributed by atoms with van der Waals surface area (Å²) in [6, 6.07) is 12.3. The van der Waals surface area contributed by atoms with Gasteiger partial charge in [-0.15, -0.1) is 0 Å². The van der Waals surface area contributed by atoms with Gasteiger partial charge < -0.3 is 15.0 Å². The quantitative estimate of drug-likeness (QED) is 0.773. The average Bonchev–Trinajstić information content (AvgIpc) is 2.61. The summed E-state index contributed by atoms with van der Waals surface area (Å²) >= 11 is 0. The third kappa shape index (κ3) is 5.72. The minimum atomic E-state index is -0.300. The standard InChI is InChI=1S/C18H24N4O3/c1-14(21(2)3)13-19-18(24)16-9-10-17(23)22(20-16)11-12-25-15-7-5-4-6-8-15/h4-10,14H,11-13H2,1-3H3,(H,19,24)/t14-/m0/s1. The molecule has 1 heterocycles. The summed E-state index contributed by atoms with van der Waals surface area (Å²) in [5.41, 5.74) is -0.0554. The van der Waals surface area contributed by atoms with Crippen molar-refractivity contribution in [1.29, 1.82) is 0 Å². The maximum absolute atomic E-state index is 12.2. The molecule has 1 aromatic carbocycles. The van der Waals surface area contributed by atoms with Crippen LogP contribution in [0.3, 0.4) is 0 Å². The Morgan fingerprint density at radius 2 is 1.96 bits per heavy atom. The number of aromatic nitrogens is 2. The molecule has 0 bridgehead atoms. The van der Waals surface area contributed by atoms with Gasteiger partial charge in [-0.1, -0.05) is 18.2 Å². The highest BCUT2D eigenvalue weighted by molar-refractivity contribution is 5.91. The van der Waals surface area contributed by atoms with Gasteiger partial charge in [0.1, 0.15) is 18.1 Å². The van der Waals surface area contributed by atoms with E-state index in [1.165, 1.54) is 16.8 Å². The molecule has 1 N–H and O–H groups in total. The molecule has 0 fully saturated rings. The first-order valence-corrected chi connectivity index (χ1v) is 8.18. The van der Waals surface area contributed by atoms with Crippen molar-refractivity contribution in [2.24, 2.45) is 0 Å². The van der Waals surface area contributed by atoms with E-state index in [2.05, 4.69) is 10.4 Å². The molecule has 0 unspecified atom stereocenters. The largest absolute Gasteiger partial charge is 0.492 e. The van der Waals surface area contributed by atoms with Crippen molar-refractivity contribution in [3.8, 4) is 5.75 Å². The molecule has 1 atom stereocenters. The van der Waals surface area contributed by atoms with Crippen LogP contribution in [0.15, 0.2) is 47.3 Å². The van der Waals surface area contributed by atoms with Gasteiger partial charge in [0.15, 0.2) is 0 Å². The van der Waals surface area contributed by atoms with Crippen molar-refractivity contribution in [3.05, 3.63) is 58.5 Å². The van der Waals surface area contributed by atoms with Gasteiger partial charge in [0, 0.05) is 18.7 Å². The number of nitrogens with one attached hydrogen (secondary N) is 1. The first-order valence-electron chi connectivity index (χ1n) is 8.18. The second kappa shape index (κ2) is 8.98. The van der Waals surface area contributed by atoms with E-state index in [0.29, 0.717) is 13.2 Å². The minimum Gasteiger partial charge on any atom is -0.492 e. The number of hydrogen-bond acceptors (Lipinski definition) is 5. The van der Waals surface area contributed by atoms with Crippen LogP contribution in [0.25, 0.3) is 0 Å². The zero-order chi connectivity index (χ0) is 18.2. The molecular weight excluding hydrogens is 320 g/mol. The van der Waals surface area contributed by atoms with Gasteiger partial charge >= 0.3 is 0 Å². The first kappa shape index (κ1) is 18.7. The third-order valence-electron chi connectivity index (χ3n) is 3.85. The molecule has 1 aromatic heterocycles. The molecule has 0 saturated carbocycles. The van der Waals surface area contributed by atoms with E-state index in [1.807, 2.05) is 56.3 Å². The summed E-state index contributed by atoms with van der Waals surface area (Å²) in [4.78, 5) is 26.1. The minimum absolute atomic E-state index is 0.203. The van der Waals surface area contributed by atoms with E-state index in [0.717, 1.165) is 5.75 Å². The van der Waals surface area contributed by atoms with Gasteiger partial charge in [-0.3, -0.25) is 9.59 Å². The Labute approximate surface area is 147 Å². The lowest BCUT2D eigenvalue weighted by molar-refractivity contribution is 0.0935. The molecule has 2 aromatic rings. The molecule has 0 spiro atoms. The summed E-state index contributed by atoms with van der Waals surface area (Å²) in [5, 5.41) is 6.94. The molecule has 0 aliphatic rings. The summed E-state index contributed by atoms with van der Waals surface area (Å²) in [6.07, 6.45) is 0. The molecule has 2 rings (SSSR count). The summed E-state index contributed by atoms with van der Waals surface area (Å²) in [5.74, 6) is 0.425. The molecular formula is C18H24N4O3. The maximum atomic E-state index is 12.2. The molecule has 134 valence electrons. The van der Waals surface area contributed by atoms with Crippen LogP contribution in [0.2, 0.25) is 0 Å². The van der Waals surface area contributed by atoms with E-state index in [1.54, 1.807) is 0 Å². The Bertz CT molecular complexity index is 743. The molecule has 25 heavy (non-hydrogen) atoms. The van der Waals surface area contributed by atoms with Crippen molar-refractivity contribution in [2.45, 2.75) is 19.5 Å². The van der Waals surface area contributed by atoms with Crippen molar-refractivity contribution in [2.75, 3.05) is 27.2 Å². The normalized spacial score (nSPS) is 12.0. The van der Waals surface area contributed by atoms with E-state index < -0.39 is 0 Å². The number of carbonyl (C=O) groups excluding carboxylic acids is 1. The fraction of sp³-hybridized carbons (Fsp3) is 0.389. The van der Waals surface area contributed by atoms with Gasteiger partial charge in [0.25, 0.3) is 11.5 Å². The molecule has 0 radical (unpaired) electrons. The highest BCUT2D eigenvalue weighted by atomic mass is 16.5. The number of ether oxygens (including phenoxy) is 1. The van der Waals surface area contributed by atoms with E-state index in [4.69, 9.17) is 4.74 Å². The number of benzene rings is 1. The Hall–Kier alpha value is -2.67. The molecule has 1 amide bonds. The highest BCUT2D eigenvalue weighted by Gasteiger charge is 2.12. The van der Waals surface area contributed by atoms with Crippen LogP contribution in [0.4, 0.5) is 0 Å². The van der Waals surface area contributed by atoms with Crippen LogP contribution >= 0.6 is 0 Å². The summed E-state index contributed by atoms with van der Waals surface area (Å²) in [7, 11) is 3.89. The van der Waals surface area contributed by atoms with E-state index in [9.17, 15) is 9.59 Å². The Kier molecular flexibility index (Phi) is 6.71. The van der Waals surface area contributed by atoms with Gasteiger partial charge in [-0.05, 0) is 39.2 Å². The monoisotopic (exact) mass is 344 g/mol. The van der Waals surface area contributed by atoms with E-state index >= 15 is 0 Å². The SMILES string of the molecule is C[C@@H](CNC(=O)c1ccc(=O)n(CCOc2ccccc2)n1)N(C)C. The van der Waals surface area contributed by atoms with Gasteiger partial charge in [-0.25, -0.2) is 4.68 Å². The number of rotatable bonds is 8. The Morgan fingerprint density at radius 3 is 2.64 bits per heavy atom. The molecule has 0 aliphatic carbocycles. The predicted molar refractivity (Wildman–Crippen MR) is 95.9 cm³/mol. The molecule has 0 aliphatic heterocycles.